The van der Waals surface area contributed by atoms with Crippen LogP contribution in [0.3, 0.4) is 0 Å². The first-order valence-corrected chi connectivity index (χ1v) is 7.05. The fourth-order valence-corrected chi connectivity index (χ4v) is 2.25. The molecule has 0 aliphatic carbocycles. The van der Waals surface area contributed by atoms with Gasteiger partial charge in [-0.25, -0.2) is 4.79 Å². The van der Waals surface area contributed by atoms with Crippen molar-refractivity contribution in [3.05, 3.63) is 64.5 Å². The van der Waals surface area contributed by atoms with Gasteiger partial charge in [0.15, 0.2) is 0 Å². The first-order valence-electron chi connectivity index (χ1n) is 5.93. The number of hydrogen-bond acceptors (Lipinski definition) is 3. The Hall–Kier alpha value is -2.01. The van der Waals surface area contributed by atoms with Gasteiger partial charge in [0.05, 0.1) is 5.56 Å². The molecule has 4 nitrogen and oxygen atoms in total. The van der Waals surface area contributed by atoms with Gasteiger partial charge in [-0.15, -0.1) is 0 Å². The maximum Gasteiger partial charge on any atom is 0.336 e. The lowest BCUT2D eigenvalue weighted by atomic mass is 10.0. The SMILES string of the molecule is Cc1c(C(=O)O)ccnc1C(=O)c1ccc(CBr)cc1. The van der Waals surface area contributed by atoms with Crippen molar-refractivity contribution in [2.45, 2.75) is 12.3 Å². The highest BCUT2D eigenvalue weighted by Gasteiger charge is 2.18. The normalized spacial score (nSPS) is 10.3. The smallest absolute Gasteiger partial charge is 0.336 e. The van der Waals surface area contributed by atoms with Crippen LogP contribution in [0.5, 0.6) is 0 Å². The molecule has 1 aromatic carbocycles. The summed E-state index contributed by atoms with van der Waals surface area (Å²) in [6.45, 7) is 1.59. The predicted molar refractivity (Wildman–Crippen MR) is 78.4 cm³/mol. The Morgan fingerprint density at radius 2 is 1.85 bits per heavy atom. The Bertz CT molecular complexity index is 665. The van der Waals surface area contributed by atoms with Crippen LogP contribution in [-0.4, -0.2) is 21.8 Å². The molecule has 0 bridgehead atoms. The van der Waals surface area contributed by atoms with Gasteiger partial charge in [0, 0.05) is 17.1 Å². The zero-order valence-corrected chi connectivity index (χ0v) is 12.3. The molecule has 0 fully saturated rings. The molecule has 0 aliphatic heterocycles. The molecule has 0 amide bonds. The molecule has 1 aromatic heterocycles. The number of rotatable bonds is 4. The van der Waals surface area contributed by atoms with Crippen molar-refractivity contribution in [1.29, 1.82) is 0 Å². The molecule has 1 N–H and O–H groups in total. The van der Waals surface area contributed by atoms with E-state index in [0.717, 1.165) is 5.56 Å². The molecule has 0 aliphatic rings. The van der Waals surface area contributed by atoms with Gasteiger partial charge in [-0.05, 0) is 24.1 Å². The van der Waals surface area contributed by atoms with Crippen LogP contribution in [0.4, 0.5) is 0 Å². The van der Waals surface area contributed by atoms with E-state index in [1.165, 1.54) is 12.3 Å². The average molecular weight is 334 g/mol. The van der Waals surface area contributed by atoms with Gasteiger partial charge in [-0.3, -0.25) is 9.78 Å². The first-order chi connectivity index (χ1) is 9.54. The van der Waals surface area contributed by atoms with Crippen LogP contribution in [-0.2, 0) is 5.33 Å². The van der Waals surface area contributed by atoms with Crippen molar-refractivity contribution in [3.63, 3.8) is 0 Å². The number of halogens is 1. The third kappa shape index (κ3) is 2.77. The number of ketones is 1. The van der Waals surface area contributed by atoms with Gasteiger partial charge in [0.1, 0.15) is 5.69 Å². The Morgan fingerprint density at radius 1 is 1.20 bits per heavy atom. The number of aromatic nitrogens is 1. The van der Waals surface area contributed by atoms with Crippen molar-refractivity contribution < 1.29 is 14.7 Å². The van der Waals surface area contributed by atoms with Crippen molar-refractivity contribution in [1.82, 2.24) is 4.98 Å². The number of pyridine rings is 1. The second-order valence-corrected chi connectivity index (χ2v) is 4.86. The zero-order valence-electron chi connectivity index (χ0n) is 10.8. The first kappa shape index (κ1) is 14.4. The molecule has 0 atom stereocenters. The maximum atomic E-state index is 12.4. The monoisotopic (exact) mass is 333 g/mol. The van der Waals surface area contributed by atoms with Crippen LogP contribution >= 0.6 is 15.9 Å². The fraction of sp³-hybridized carbons (Fsp3) is 0.133. The molecule has 0 saturated heterocycles. The van der Waals surface area contributed by atoms with Gasteiger partial charge < -0.3 is 5.11 Å². The van der Waals surface area contributed by atoms with E-state index in [1.807, 2.05) is 12.1 Å². The summed E-state index contributed by atoms with van der Waals surface area (Å²) >= 11 is 3.34. The Labute approximate surface area is 124 Å². The van der Waals surface area contributed by atoms with E-state index in [0.29, 0.717) is 16.5 Å². The number of carboxylic acids is 1. The van der Waals surface area contributed by atoms with Gasteiger partial charge >= 0.3 is 5.97 Å². The lowest BCUT2D eigenvalue weighted by Gasteiger charge is -2.07. The highest BCUT2D eigenvalue weighted by Crippen LogP contribution is 2.16. The Kier molecular flexibility index (Phi) is 4.29. The van der Waals surface area contributed by atoms with E-state index in [-0.39, 0.29) is 17.0 Å². The fourth-order valence-electron chi connectivity index (χ4n) is 1.88. The largest absolute Gasteiger partial charge is 0.478 e. The van der Waals surface area contributed by atoms with Crippen molar-refractivity contribution in [3.8, 4) is 0 Å². The van der Waals surface area contributed by atoms with Crippen LogP contribution in [0.25, 0.3) is 0 Å². The molecule has 1 heterocycles. The molecular formula is C15H12BrNO3. The number of benzene rings is 1. The van der Waals surface area contributed by atoms with E-state index in [1.54, 1.807) is 19.1 Å². The topological polar surface area (TPSA) is 67.3 Å². The van der Waals surface area contributed by atoms with Crippen molar-refractivity contribution in [2.24, 2.45) is 0 Å². The van der Waals surface area contributed by atoms with E-state index >= 15 is 0 Å². The lowest BCUT2D eigenvalue weighted by Crippen LogP contribution is -2.11. The van der Waals surface area contributed by atoms with E-state index < -0.39 is 5.97 Å². The number of carbonyl (C=O) groups is 2. The molecular weight excluding hydrogens is 322 g/mol. The molecule has 20 heavy (non-hydrogen) atoms. The van der Waals surface area contributed by atoms with Gasteiger partial charge in [-0.2, -0.15) is 0 Å². The predicted octanol–water partition coefficient (Wildman–Crippen LogP) is 3.21. The quantitative estimate of drug-likeness (QED) is 0.689. The van der Waals surface area contributed by atoms with E-state index in [4.69, 9.17) is 5.11 Å². The second-order valence-electron chi connectivity index (χ2n) is 4.30. The highest BCUT2D eigenvalue weighted by atomic mass is 79.9. The van der Waals surface area contributed by atoms with Gasteiger partial charge in [0.2, 0.25) is 5.78 Å². The average Bonchev–Trinajstić information content (AvgIpc) is 2.46. The van der Waals surface area contributed by atoms with Crippen LogP contribution in [0.15, 0.2) is 36.5 Å². The van der Waals surface area contributed by atoms with E-state index in [9.17, 15) is 9.59 Å². The summed E-state index contributed by atoms with van der Waals surface area (Å²) in [4.78, 5) is 27.5. The third-order valence-corrected chi connectivity index (χ3v) is 3.67. The minimum absolute atomic E-state index is 0.0976. The number of carboxylic acid groups (broad SMARTS) is 1. The molecule has 2 rings (SSSR count). The summed E-state index contributed by atoms with van der Waals surface area (Å²) < 4.78 is 0. The summed E-state index contributed by atoms with van der Waals surface area (Å²) in [5, 5.41) is 9.78. The summed E-state index contributed by atoms with van der Waals surface area (Å²) in [7, 11) is 0. The Morgan fingerprint density at radius 3 is 2.40 bits per heavy atom. The maximum absolute atomic E-state index is 12.4. The molecule has 0 saturated carbocycles. The van der Waals surface area contributed by atoms with Gasteiger partial charge in [-0.1, -0.05) is 40.2 Å². The minimum Gasteiger partial charge on any atom is -0.478 e. The summed E-state index contributed by atoms with van der Waals surface area (Å²) in [5.41, 5.74) is 2.21. The molecule has 2 aromatic rings. The number of aromatic carboxylic acids is 1. The molecule has 0 spiro atoms. The molecule has 0 unspecified atom stereocenters. The number of alkyl halides is 1. The highest BCUT2D eigenvalue weighted by molar-refractivity contribution is 9.08. The second kappa shape index (κ2) is 5.96. The molecule has 0 radical (unpaired) electrons. The van der Waals surface area contributed by atoms with Crippen LogP contribution in [0.1, 0.15) is 37.5 Å². The van der Waals surface area contributed by atoms with Crippen molar-refractivity contribution in [2.75, 3.05) is 0 Å². The standard InChI is InChI=1S/C15H12BrNO3/c1-9-12(15(19)20)6-7-17-13(9)14(18)11-4-2-10(8-16)3-5-11/h2-7H,8H2,1H3,(H,19,20). The van der Waals surface area contributed by atoms with Crippen LogP contribution in [0, 0.1) is 6.92 Å². The lowest BCUT2D eigenvalue weighted by molar-refractivity contribution is 0.0696. The molecule has 5 heteroatoms. The van der Waals surface area contributed by atoms with Crippen LogP contribution in [0.2, 0.25) is 0 Å². The number of carbonyl (C=O) groups excluding carboxylic acids is 1. The van der Waals surface area contributed by atoms with Gasteiger partial charge in [0.25, 0.3) is 0 Å². The third-order valence-electron chi connectivity index (χ3n) is 3.02. The molecule has 102 valence electrons. The summed E-state index contributed by atoms with van der Waals surface area (Å²) in [6, 6.07) is 8.51. The summed E-state index contributed by atoms with van der Waals surface area (Å²) in [5.74, 6) is -1.33. The van der Waals surface area contributed by atoms with Crippen LogP contribution < -0.4 is 0 Å². The van der Waals surface area contributed by atoms with E-state index in [2.05, 4.69) is 20.9 Å². The zero-order chi connectivity index (χ0) is 14.7. The number of nitrogens with zero attached hydrogens (tertiary/aromatic N) is 1. The summed E-state index contributed by atoms with van der Waals surface area (Å²) in [6.07, 6.45) is 1.34. The van der Waals surface area contributed by atoms with Crippen molar-refractivity contribution >= 4 is 27.7 Å². The Balaban J connectivity index is 2.42. The minimum atomic E-state index is -1.06. The number of hydrogen-bond donors (Lipinski definition) is 1.